The summed E-state index contributed by atoms with van der Waals surface area (Å²) in [7, 11) is 0. The summed E-state index contributed by atoms with van der Waals surface area (Å²) in [5.74, 6) is -0.155. The molecule has 146 valence electrons. The smallest absolute Gasteiger partial charge is 0.378 e. The molecule has 8 heteroatoms. The molecule has 0 radical (unpaired) electrons. The largest absolute Gasteiger partial charge is 0.416 e. The number of hydrogen-bond donors (Lipinski definition) is 2. The van der Waals surface area contributed by atoms with Gasteiger partial charge in [0.15, 0.2) is 0 Å². The monoisotopic (exact) mass is 392 g/mol. The molecular weight excluding hydrogens is 369 g/mol. The molecule has 2 aliphatic rings. The highest BCUT2D eigenvalue weighted by molar-refractivity contribution is 5.85. The molecule has 1 amide bonds. The van der Waals surface area contributed by atoms with Crippen molar-refractivity contribution in [3.8, 4) is 0 Å². The van der Waals surface area contributed by atoms with Gasteiger partial charge in [-0.1, -0.05) is 31.0 Å². The Bertz CT molecular complexity index is 613. The van der Waals surface area contributed by atoms with Crippen LogP contribution in [0.25, 0.3) is 0 Å². The van der Waals surface area contributed by atoms with E-state index in [-0.39, 0.29) is 18.3 Å². The van der Waals surface area contributed by atoms with Gasteiger partial charge in [0.2, 0.25) is 5.91 Å². The summed E-state index contributed by atoms with van der Waals surface area (Å²) in [4.78, 5) is 12.3. The maximum absolute atomic E-state index is 13.0. The molecule has 26 heavy (non-hydrogen) atoms. The molecule has 2 fully saturated rings. The normalized spacial score (nSPS) is 22.5. The summed E-state index contributed by atoms with van der Waals surface area (Å²) in [6.07, 6.45) is -0.886. The molecule has 2 N–H and O–H groups in total. The van der Waals surface area contributed by atoms with Crippen LogP contribution in [-0.4, -0.2) is 38.3 Å². The van der Waals surface area contributed by atoms with Gasteiger partial charge in [-0.3, -0.25) is 4.79 Å². The number of hydrogen-bond acceptors (Lipinski definition) is 3. The number of alkyl halides is 3. The van der Waals surface area contributed by atoms with E-state index in [2.05, 4.69) is 10.6 Å². The first-order chi connectivity index (χ1) is 11.9. The number of ether oxygens (including phenoxy) is 1. The van der Waals surface area contributed by atoms with E-state index in [0.29, 0.717) is 31.9 Å². The topological polar surface area (TPSA) is 50.4 Å². The van der Waals surface area contributed by atoms with Crippen molar-refractivity contribution in [2.75, 3.05) is 26.3 Å². The third kappa shape index (κ3) is 4.69. The van der Waals surface area contributed by atoms with Crippen molar-refractivity contribution in [2.45, 2.75) is 43.3 Å². The maximum atomic E-state index is 13.0. The Morgan fingerprint density at radius 2 is 2.04 bits per heavy atom. The van der Waals surface area contributed by atoms with E-state index in [1.54, 1.807) is 6.07 Å². The lowest BCUT2D eigenvalue weighted by atomic mass is 9.78. The van der Waals surface area contributed by atoms with E-state index in [1.807, 2.05) is 0 Å². The van der Waals surface area contributed by atoms with Gasteiger partial charge in [0.1, 0.15) is 6.04 Å². The van der Waals surface area contributed by atoms with Gasteiger partial charge >= 0.3 is 6.18 Å². The van der Waals surface area contributed by atoms with Gasteiger partial charge in [-0.25, -0.2) is 0 Å². The van der Waals surface area contributed by atoms with Crippen LogP contribution >= 0.6 is 12.4 Å². The number of halogens is 4. The van der Waals surface area contributed by atoms with Crippen LogP contribution in [0.4, 0.5) is 13.2 Å². The minimum absolute atomic E-state index is 0. The number of carbonyl (C=O) groups is 1. The van der Waals surface area contributed by atoms with Gasteiger partial charge in [-0.05, 0) is 24.5 Å². The number of amides is 1. The Labute approximate surface area is 157 Å². The second-order valence-corrected chi connectivity index (χ2v) is 6.87. The molecule has 0 spiro atoms. The molecule has 1 aromatic rings. The highest BCUT2D eigenvalue weighted by Crippen LogP contribution is 2.42. The molecule has 0 aromatic heterocycles. The van der Waals surface area contributed by atoms with Gasteiger partial charge in [-0.2, -0.15) is 13.2 Å². The maximum Gasteiger partial charge on any atom is 0.416 e. The summed E-state index contributed by atoms with van der Waals surface area (Å²) in [5.41, 5.74) is -0.398. The Morgan fingerprint density at radius 1 is 1.31 bits per heavy atom. The van der Waals surface area contributed by atoms with Gasteiger partial charge in [-0.15, -0.1) is 12.4 Å². The van der Waals surface area contributed by atoms with Crippen molar-refractivity contribution in [3.05, 3.63) is 35.4 Å². The van der Waals surface area contributed by atoms with Crippen molar-refractivity contribution in [3.63, 3.8) is 0 Å². The number of carbonyl (C=O) groups excluding carboxylic acids is 1. The number of rotatable bonds is 4. The summed E-state index contributed by atoms with van der Waals surface area (Å²) < 4.78 is 44.4. The van der Waals surface area contributed by atoms with Crippen LogP contribution in [0.1, 0.15) is 36.8 Å². The number of nitrogens with one attached hydrogen (secondary N) is 2. The molecular formula is C18H24ClF3N2O2. The first kappa shape index (κ1) is 21.0. The van der Waals surface area contributed by atoms with Crippen LogP contribution in [0, 0.1) is 0 Å². The molecule has 1 saturated heterocycles. The van der Waals surface area contributed by atoms with Crippen LogP contribution in [-0.2, 0) is 21.1 Å². The highest BCUT2D eigenvalue weighted by Gasteiger charge is 2.38. The van der Waals surface area contributed by atoms with E-state index < -0.39 is 23.2 Å². The van der Waals surface area contributed by atoms with Gasteiger partial charge in [0.25, 0.3) is 0 Å². The first-order valence-corrected chi connectivity index (χ1v) is 8.67. The van der Waals surface area contributed by atoms with E-state index in [1.165, 1.54) is 12.1 Å². The zero-order chi connectivity index (χ0) is 17.9. The predicted molar refractivity (Wildman–Crippen MR) is 94.5 cm³/mol. The SMILES string of the molecule is Cl.O=C(NCC1(c2cccc(C(F)(F)F)c2)CCCC1)C1COCCN1. The fraction of sp³-hybridized carbons (Fsp3) is 0.611. The minimum Gasteiger partial charge on any atom is -0.378 e. The van der Waals surface area contributed by atoms with Gasteiger partial charge < -0.3 is 15.4 Å². The number of morpholine rings is 1. The number of benzene rings is 1. The fourth-order valence-electron chi connectivity index (χ4n) is 3.76. The van der Waals surface area contributed by atoms with Gasteiger partial charge in [0, 0.05) is 18.5 Å². The Balaban J connectivity index is 0.00000243. The second kappa shape index (κ2) is 8.59. The van der Waals surface area contributed by atoms with Crippen molar-refractivity contribution in [2.24, 2.45) is 0 Å². The molecule has 4 nitrogen and oxygen atoms in total. The van der Waals surface area contributed by atoms with E-state index in [0.717, 1.165) is 31.7 Å². The van der Waals surface area contributed by atoms with Crippen molar-refractivity contribution < 1.29 is 22.7 Å². The molecule has 1 aliphatic heterocycles. The van der Waals surface area contributed by atoms with Gasteiger partial charge in [0.05, 0.1) is 18.8 Å². The van der Waals surface area contributed by atoms with Crippen molar-refractivity contribution in [1.82, 2.24) is 10.6 Å². The van der Waals surface area contributed by atoms with Crippen LogP contribution in [0.5, 0.6) is 0 Å². The average Bonchev–Trinajstić information content (AvgIpc) is 3.10. The highest BCUT2D eigenvalue weighted by atomic mass is 35.5. The van der Waals surface area contributed by atoms with Crippen molar-refractivity contribution in [1.29, 1.82) is 0 Å². The van der Waals surface area contributed by atoms with E-state index in [9.17, 15) is 18.0 Å². The standard InChI is InChI=1S/C18H23F3N2O2.ClH/c19-18(20,21)14-5-3-4-13(10-14)17(6-1-2-7-17)12-23-16(24)15-11-25-9-8-22-15;/h3-5,10,15,22H,1-2,6-9,11-12H2,(H,23,24);1H. The van der Waals surface area contributed by atoms with Crippen LogP contribution < -0.4 is 10.6 Å². The summed E-state index contributed by atoms with van der Waals surface area (Å²) in [6, 6.07) is 5.13. The Hall–Kier alpha value is -1.31. The molecule has 1 saturated carbocycles. The minimum atomic E-state index is -4.36. The molecule has 0 bridgehead atoms. The zero-order valence-electron chi connectivity index (χ0n) is 14.4. The van der Waals surface area contributed by atoms with Crippen molar-refractivity contribution >= 4 is 18.3 Å². The second-order valence-electron chi connectivity index (χ2n) is 6.87. The quantitative estimate of drug-likeness (QED) is 0.828. The molecule has 1 aromatic carbocycles. The zero-order valence-corrected chi connectivity index (χ0v) is 15.2. The predicted octanol–water partition coefficient (Wildman–Crippen LogP) is 3.04. The lowest BCUT2D eigenvalue weighted by molar-refractivity contribution is -0.137. The summed E-state index contributed by atoms with van der Waals surface area (Å²) in [5, 5.41) is 6.02. The van der Waals surface area contributed by atoms with Crippen LogP contribution in [0.2, 0.25) is 0 Å². The first-order valence-electron chi connectivity index (χ1n) is 8.67. The lowest BCUT2D eigenvalue weighted by Gasteiger charge is -2.32. The molecule has 1 aliphatic carbocycles. The lowest BCUT2D eigenvalue weighted by Crippen LogP contribution is -2.53. The molecule has 1 atom stereocenters. The third-order valence-corrected chi connectivity index (χ3v) is 5.20. The summed E-state index contributed by atoms with van der Waals surface area (Å²) >= 11 is 0. The van der Waals surface area contributed by atoms with E-state index >= 15 is 0 Å². The van der Waals surface area contributed by atoms with Crippen LogP contribution in [0.15, 0.2) is 24.3 Å². The summed E-state index contributed by atoms with van der Waals surface area (Å²) in [6.45, 7) is 1.88. The average molecular weight is 393 g/mol. The fourth-order valence-corrected chi connectivity index (χ4v) is 3.76. The molecule has 1 heterocycles. The van der Waals surface area contributed by atoms with E-state index in [4.69, 9.17) is 4.74 Å². The third-order valence-electron chi connectivity index (χ3n) is 5.20. The Morgan fingerprint density at radius 3 is 2.65 bits per heavy atom. The molecule has 3 rings (SSSR count). The Kier molecular flexibility index (Phi) is 6.93. The van der Waals surface area contributed by atoms with Crippen LogP contribution in [0.3, 0.4) is 0 Å². The molecule has 1 unspecified atom stereocenters.